The molecule has 2 aromatic carbocycles. The van der Waals surface area contributed by atoms with E-state index in [1.807, 2.05) is 37.3 Å². The predicted octanol–water partition coefficient (Wildman–Crippen LogP) is 4.91. The van der Waals surface area contributed by atoms with Gasteiger partial charge in [0.05, 0.1) is 5.69 Å². The highest BCUT2D eigenvalue weighted by Gasteiger charge is 2.15. The summed E-state index contributed by atoms with van der Waals surface area (Å²) in [5.41, 5.74) is 2.03. The maximum Gasteiger partial charge on any atom is 0.387 e. The molecule has 4 nitrogen and oxygen atoms in total. The summed E-state index contributed by atoms with van der Waals surface area (Å²) >= 11 is 0. The third kappa shape index (κ3) is 5.45. The zero-order valence-corrected chi connectivity index (χ0v) is 14.3. The average molecular weight is 348 g/mol. The van der Waals surface area contributed by atoms with Crippen molar-refractivity contribution in [3.05, 3.63) is 59.7 Å². The van der Waals surface area contributed by atoms with Crippen LogP contribution in [0, 0.1) is 6.92 Å². The Morgan fingerprint density at radius 1 is 1.12 bits per heavy atom. The molecule has 0 saturated heterocycles. The summed E-state index contributed by atoms with van der Waals surface area (Å²) in [5, 5.41) is 5.40. The number of hydrogen-bond donors (Lipinski definition) is 2. The number of rotatable bonds is 7. The topological polar surface area (TPSA) is 50.4 Å². The number of halogens is 2. The van der Waals surface area contributed by atoms with E-state index < -0.39 is 12.6 Å². The molecule has 1 atom stereocenters. The van der Waals surface area contributed by atoms with Crippen LogP contribution in [0.4, 0.5) is 19.3 Å². The number of hydrogen-bond acceptors (Lipinski definition) is 2. The molecule has 2 aromatic rings. The molecule has 134 valence electrons. The highest BCUT2D eigenvalue weighted by atomic mass is 19.3. The molecule has 0 radical (unpaired) electrons. The molecular weight excluding hydrogens is 326 g/mol. The third-order valence-electron chi connectivity index (χ3n) is 3.96. The van der Waals surface area contributed by atoms with E-state index in [4.69, 9.17) is 0 Å². The van der Waals surface area contributed by atoms with Crippen LogP contribution in [0.3, 0.4) is 0 Å². The highest BCUT2D eigenvalue weighted by molar-refractivity contribution is 5.92. The zero-order chi connectivity index (χ0) is 18.2. The largest absolute Gasteiger partial charge is 0.433 e. The number of benzene rings is 2. The van der Waals surface area contributed by atoms with Gasteiger partial charge in [0.15, 0.2) is 0 Å². The summed E-state index contributed by atoms with van der Waals surface area (Å²) in [7, 11) is 0. The van der Waals surface area contributed by atoms with E-state index in [1.165, 1.54) is 6.07 Å². The standard InChI is InChI=1S/C19H22F2N2O2/c1-3-14(15-9-5-4-6-10-15)12-22-19(24)23-17-13(2)8-7-11-16(17)25-18(20)21/h4-11,14,18H,3,12H2,1-2H3,(H2,22,23,24). The molecule has 0 aliphatic rings. The Morgan fingerprint density at radius 3 is 2.48 bits per heavy atom. The van der Waals surface area contributed by atoms with E-state index >= 15 is 0 Å². The molecule has 0 heterocycles. The number of urea groups is 1. The molecule has 0 aliphatic carbocycles. The predicted molar refractivity (Wildman–Crippen MR) is 94.3 cm³/mol. The highest BCUT2D eigenvalue weighted by Crippen LogP contribution is 2.29. The molecule has 2 amide bonds. The fourth-order valence-electron chi connectivity index (χ4n) is 2.59. The number of alkyl halides is 2. The molecule has 0 spiro atoms. The Morgan fingerprint density at radius 2 is 1.84 bits per heavy atom. The molecule has 6 heteroatoms. The second-order valence-electron chi connectivity index (χ2n) is 5.68. The van der Waals surface area contributed by atoms with Crippen molar-refractivity contribution in [1.82, 2.24) is 5.32 Å². The molecule has 2 rings (SSSR count). The second-order valence-corrected chi connectivity index (χ2v) is 5.68. The van der Waals surface area contributed by atoms with Crippen LogP contribution in [0.15, 0.2) is 48.5 Å². The summed E-state index contributed by atoms with van der Waals surface area (Å²) in [6.07, 6.45) is 0.869. The van der Waals surface area contributed by atoms with Crippen LogP contribution in [0.1, 0.15) is 30.4 Å². The molecular formula is C19H22F2N2O2. The number of nitrogens with one attached hydrogen (secondary N) is 2. The Labute approximate surface area is 146 Å². The van der Waals surface area contributed by atoms with Crippen molar-refractivity contribution in [3.63, 3.8) is 0 Å². The van der Waals surface area contributed by atoms with Crippen molar-refractivity contribution in [2.45, 2.75) is 32.8 Å². The Kier molecular flexibility index (Phi) is 6.74. The van der Waals surface area contributed by atoms with E-state index in [1.54, 1.807) is 19.1 Å². The van der Waals surface area contributed by atoms with Gasteiger partial charge in [-0.15, -0.1) is 0 Å². The lowest BCUT2D eigenvalue weighted by Gasteiger charge is -2.18. The molecule has 0 bridgehead atoms. The monoisotopic (exact) mass is 348 g/mol. The minimum atomic E-state index is -2.95. The van der Waals surface area contributed by atoms with Crippen molar-refractivity contribution < 1.29 is 18.3 Å². The zero-order valence-electron chi connectivity index (χ0n) is 14.3. The third-order valence-corrected chi connectivity index (χ3v) is 3.96. The van der Waals surface area contributed by atoms with E-state index in [2.05, 4.69) is 15.4 Å². The molecule has 0 aliphatic heterocycles. The number of anilines is 1. The first-order valence-corrected chi connectivity index (χ1v) is 8.15. The van der Waals surface area contributed by atoms with Gasteiger partial charge in [0.25, 0.3) is 0 Å². The average Bonchev–Trinajstić information content (AvgIpc) is 2.59. The van der Waals surface area contributed by atoms with Crippen LogP contribution in [0.2, 0.25) is 0 Å². The first-order chi connectivity index (χ1) is 12.0. The van der Waals surface area contributed by atoms with Crippen LogP contribution in [-0.4, -0.2) is 19.2 Å². The van der Waals surface area contributed by atoms with Crippen molar-refractivity contribution in [3.8, 4) is 5.75 Å². The number of carbonyl (C=O) groups is 1. The van der Waals surface area contributed by atoms with Gasteiger partial charge in [0, 0.05) is 12.5 Å². The molecule has 0 saturated carbocycles. The maximum atomic E-state index is 12.5. The Hall–Kier alpha value is -2.63. The molecule has 2 N–H and O–H groups in total. The molecule has 0 fully saturated rings. The summed E-state index contributed by atoms with van der Waals surface area (Å²) in [4.78, 5) is 12.2. The second kappa shape index (κ2) is 9.01. The minimum absolute atomic E-state index is 0.0553. The summed E-state index contributed by atoms with van der Waals surface area (Å²) in [6, 6.07) is 14.1. The number of aryl methyl sites for hydroxylation is 1. The fraction of sp³-hybridized carbons (Fsp3) is 0.316. The van der Waals surface area contributed by atoms with Gasteiger partial charge in [0.2, 0.25) is 0 Å². The van der Waals surface area contributed by atoms with Crippen LogP contribution >= 0.6 is 0 Å². The lowest BCUT2D eigenvalue weighted by molar-refractivity contribution is -0.0493. The first-order valence-electron chi connectivity index (χ1n) is 8.15. The van der Waals surface area contributed by atoms with Crippen molar-refractivity contribution >= 4 is 11.7 Å². The number of carbonyl (C=O) groups excluding carboxylic acids is 1. The smallest absolute Gasteiger partial charge is 0.387 e. The Bertz CT molecular complexity index is 693. The van der Waals surface area contributed by atoms with Crippen molar-refractivity contribution in [2.75, 3.05) is 11.9 Å². The van der Waals surface area contributed by atoms with E-state index in [9.17, 15) is 13.6 Å². The minimum Gasteiger partial charge on any atom is -0.433 e. The normalized spacial score (nSPS) is 11.9. The van der Waals surface area contributed by atoms with E-state index in [0.29, 0.717) is 12.1 Å². The first kappa shape index (κ1) is 18.7. The number of para-hydroxylation sites is 1. The SMILES string of the molecule is CCC(CNC(=O)Nc1c(C)cccc1OC(F)F)c1ccccc1. The van der Waals surface area contributed by atoms with Gasteiger partial charge in [-0.2, -0.15) is 8.78 Å². The maximum absolute atomic E-state index is 12.5. The van der Waals surface area contributed by atoms with Crippen molar-refractivity contribution in [1.29, 1.82) is 0 Å². The van der Waals surface area contributed by atoms with Crippen LogP contribution in [0.5, 0.6) is 5.75 Å². The van der Waals surface area contributed by atoms with Crippen LogP contribution in [-0.2, 0) is 0 Å². The van der Waals surface area contributed by atoms with Gasteiger partial charge < -0.3 is 15.4 Å². The number of amides is 2. The van der Waals surface area contributed by atoms with E-state index in [-0.39, 0.29) is 17.4 Å². The molecule has 0 aromatic heterocycles. The van der Waals surface area contributed by atoms with Crippen molar-refractivity contribution in [2.24, 2.45) is 0 Å². The molecule has 1 unspecified atom stereocenters. The Balaban J connectivity index is 2.01. The van der Waals surface area contributed by atoms with Gasteiger partial charge in [0.1, 0.15) is 5.75 Å². The van der Waals surface area contributed by atoms with Crippen LogP contribution < -0.4 is 15.4 Å². The lowest BCUT2D eigenvalue weighted by atomic mass is 9.97. The van der Waals surface area contributed by atoms with Gasteiger partial charge in [-0.3, -0.25) is 0 Å². The number of ether oxygens (including phenoxy) is 1. The molecule has 25 heavy (non-hydrogen) atoms. The van der Waals surface area contributed by atoms with Crippen LogP contribution in [0.25, 0.3) is 0 Å². The lowest BCUT2D eigenvalue weighted by Crippen LogP contribution is -2.32. The summed E-state index contributed by atoms with van der Waals surface area (Å²) in [6.45, 7) is 1.26. The quantitative estimate of drug-likeness (QED) is 0.747. The summed E-state index contributed by atoms with van der Waals surface area (Å²) < 4.78 is 29.5. The van der Waals surface area contributed by atoms with Gasteiger partial charge in [-0.05, 0) is 30.5 Å². The van der Waals surface area contributed by atoms with E-state index in [0.717, 1.165) is 12.0 Å². The van der Waals surface area contributed by atoms with Gasteiger partial charge in [-0.1, -0.05) is 49.4 Å². The van der Waals surface area contributed by atoms with Gasteiger partial charge in [-0.25, -0.2) is 4.79 Å². The summed E-state index contributed by atoms with van der Waals surface area (Å²) in [5.74, 6) is 0.126. The van der Waals surface area contributed by atoms with Gasteiger partial charge >= 0.3 is 12.6 Å². The fourth-order valence-corrected chi connectivity index (χ4v) is 2.59.